The first-order valence-corrected chi connectivity index (χ1v) is 10.1. The van der Waals surface area contributed by atoms with Crippen molar-refractivity contribution < 1.29 is 14.3 Å². The lowest BCUT2D eigenvalue weighted by Crippen LogP contribution is -2.36. The Hall–Kier alpha value is -2.53. The molecule has 1 heterocycles. The fourth-order valence-electron chi connectivity index (χ4n) is 4.05. The zero-order chi connectivity index (χ0) is 19.5. The average molecular weight is 380 g/mol. The molecular formula is C23H28N2O3. The maximum atomic E-state index is 12.5. The quantitative estimate of drug-likeness (QED) is 0.832. The fraction of sp³-hybridized carbons (Fsp3) is 0.435. The molecule has 2 aromatic carbocycles. The summed E-state index contributed by atoms with van der Waals surface area (Å²) in [6, 6.07) is 12.6. The van der Waals surface area contributed by atoms with Gasteiger partial charge in [0.05, 0.1) is 12.6 Å². The van der Waals surface area contributed by atoms with Gasteiger partial charge in [0.1, 0.15) is 0 Å². The predicted octanol–water partition coefficient (Wildman–Crippen LogP) is 3.60. The molecule has 0 saturated carbocycles. The summed E-state index contributed by atoms with van der Waals surface area (Å²) in [5.74, 6) is 1.59. The van der Waals surface area contributed by atoms with Gasteiger partial charge in [-0.05, 0) is 74.0 Å². The zero-order valence-electron chi connectivity index (χ0n) is 16.7. The molecule has 148 valence electrons. The Labute approximate surface area is 166 Å². The van der Waals surface area contributed by atoms with Gasteiger partial charge in [0.25, 0.3) is 0 Å². The van der Waals surface area contributed by atoms with Gasteiger partial charge in [0.15, 0.2) is 11.5 Å². The highest BCUT2D eigenvalue weighted by molar-refractivity contribution is 5.78. The van der Waals surface area contributed by atoms with Crippen molar-refractivity contribution in [3.8, 4) is 11.5 Å². The lowest BCUT2D eigenvalue weighted by atomic mass is 9.89. The van der Waals surface area contributed by atoms with Crippen LogP contribution in [0.2, 0.25) is 0 Å². The smallest absolute Gasteiger partial charge is 0.234 e. The second-order valence-corrected chi connectivity index (χ2v) is 7.88. The number of carbonyl (C=O) groups is 1. The average Bonchev–Trinajstić information content (AvgIpc) is 3.15. The van der Waals surface area contributed by atoms with Crippen LogP contribution in [0.25, 0.3) is 0 Å². The van der Waals surface area contributed by atoms with Gasteiger partial charge in [0.2, 0.25) is 12.7 Å². The van der Waals surface area contributed by atoms with Gasteiger partial charge >= 0.3 is 0 Å². The number of aryl methyl sites for hydroxylation is 2. The van der Waals surface area contributed by atoms with E-state index in [1.54, 1.807) is 0 Å². The highest BCUT2D eigenvalue weighted by atomic mass is 16.7. The third kappa shape index (κ3) is 4.30. The van der Waals surface area contributed by atoms with Crippen LogP contribution in [-0.2, 0) is 24.2 Å². The first-order valence-electron chi connectivity index (χ1n) is 10.1. The monoisotopic (exact) mass is 380 g/mol. The Morgan fingerprint density at radius 1 is 1.07 bits per heavy atom. The number of carbonyl (C=O) groups excluding carboxylic acids is 1. The second kappa shape index (κ2) is 8.23. The summed E-state index contributed by atoms with van der Waals surface area (Å²) >= 11 is 0. The van der Waals surface area contributed by atoms with Gasteiger partial charge in [0, 0.05) is 6.54 Å². The molecule has 0 fully saturated rings. The molecule has 2 aliphatic rings. The third-order valence-electron chi connectivity index (χ3n) is 5.55. The molecule has 4 rings (SSSR count). The number of hydrogen-bond acceptors (Lipinski definition) is 4. The molecule has 0 spiro atoms. The first-order chi connectivity index (χ1) is 13.6. The summed E-state index contributed by atoms with van der Waals surface area (Å²) < 4.78 is 10.8. The number of hydrogen-bond donors (Lipinski definition) is 1. The Morgan fingerprint density at radius 3 is 2.71 bits per heavy atom. The van der Waals surface area contributed by atoms with Crippen molar-refractivity contribution in [3.05, 3.63) is 58.7 Å². The molecule has 5 heteroatoms. The molecule has 1 N–H and O–H groups in total. The maximum Gasteiger partial charge on any atom is 0.234 e. The van der Waals surface area contributed by atoms with E-state index < -0.39 is 0 Å². The van der Waals surface area contributed by atoms with Crippen molar-refractivity contribution in [1.82, 2.24) is 10.2 Å². The van der Waals surface area contributed by atoms with Gasteiger partial charge in [-0.25, -0.2) is 0 Å². The van der Waals surface area contributed by atoms with E-state index in [0.717, 1.165) is 23.5 Å². The summed E-state index contributed by atoms with van der Waals surface area (Å²) in [4.78, 5) is 14.5. The molecule has 0 radical (unpaired) electrons. The van der Waals surface area contributed by atoms with Gasteiger partial charge in [-0.2, -0.15) is 0 Å². The fourth-order valence-corrected chi connectivity index (χ4v) is 4.05. The van der Waals surface area contributed by atoms with E-state index in [0.29, 0.717) is 13.1 Å². The van der Waals surface area contributed by atoms with Crippen molar-refractivity contribution in [2.75, 3.05) is 20.4 Å². The van der Waals surface area contributed by atoms with Crippen molar-refractivity contribution >= 4 is 5.91 Å². The molecule has 0 bridgehead atoms. The third-order valence-corrected chi connectivity index (χ3v) is 5.55. The normalized spacial score (nSPS) is 16.0. The lowest BCUT2D eigenvalue weighted by Gasteiger charge is -2.21. The lowest BCUT2D eigenvalue weighted by molar-refractivity contribution is -0.122. The van der Waals surface area contributed by atoms with E-state index in [2.05, 4.69) is 30.4 Å². The minimum atomic E-state index is 0.0127. The van der Waals surface area contributed by atoms with Crippen LogP contribution in [-0.4, -0.2) is 31.2 Å². The topological polar surface area (TPSA) is 50.8 Å². The molecule has 0 unspecified atom stereocenters. The molecule has 0 aromatic heterocycles. The Balaban J connectivity index is 1.31. The van der Waals surface area contributed by atoms with E-state index in [1.165, 1.54) is 36.0 Å². The van der Waals surface area contributed by atoms with E-state index in [9.17, 15) is 4.79 Å². The van der Waals surface area contributed by atoms with Crippen LogP contribution < -0.4 is 14.8 Å². The summed E-state index contributed by atoms with van der Waals surface area (Å²) in [6.45, 7) is 3.36. The van der Waals surface area contributed by atoms with Crippen LogP contribution in [0, 0.1) is 0 Å². The molecule has 0 saturated heterocycles. The molecular weight excluding hydrogens is 352 g/mol. The minimum absolute atomic E-state index is 0.0127. The van der Waals surface area contributed by atoms with Gasteiger partial charge in [-0.15, -0.1) is 0 Å². The summed E-state index contributed by atoms with van der Waals surface area (Å²) in [5, 5.41) is 3.14. The van der Waals surface area contributed by atoms with Crippen molar-refractivity contribution in [3.63, 3.8) is 0 Å². The van der Waals surface area contributed by atoms with Crippen LogP contribution in [0.15, 0.2) is 36.4 Å². The Kier molecular flexibility index (Phi) is 5.53. The zero-order valence-corrected chi connectivity index (χ0v) is 16.7. The van der Waals surface area contributed by atoms with E-state index >= 15 is 0 Å². The van der Waals surface area contributed by atoms with Crippen LogP contribution in [0.3, 0.4) is 0 Å². The predicted molar refractivity (Wildman–Crippen MR) is 109 cm³/mol. The molecule has 2 aromatic rings. The molecule has 5 nitrogen and oxygen atoms in total. The number of nitrogens with one attached hydrogen (secondary N) is 1. The molecule has 1 amide bonds. The van der Waals surface area contributed by atoms with E-state index in [4.69, 9.17) is 9.47 Å². The Morgan fingerprint density at radius 2 is 1.86 bits per heavy atom. The number of nitrogens with zero attached hydrogens (tertiary/aromatic N) is 1. The molecule has 1 aliphatic heterocycles. The van der Waals surface area contributed by atoms with Crippen LogP contribution in [0.4, 0.5) is 0 Å². The van der Waals surface area contributed by atoms with Gasteiger partial charge in [-0.3, -0.25) is 9.69 Å². The largest absolute Gasteiger partial charge is 0.454 e. The number of amides is 1. The minimum Gasteiger partial charge on any atom is -0.454 e. The van der Waals surface area contributed by atoms with Gasteiger partial charge < -0.3 is 14.8 Å². The number of ether oxygens (including phenoxy) is 2. The summed E-state index contributed by atoms with van der Waals surface area (Å²) in [5.41, 5.74) is 5.21. The molecule has 1 aliphatic carbocycles. The number of likely N-dealkylation sites (N-methyl/N-ethyl adjacent to an activating group) is 1. The highest BCUT2D eigenvalue weighted by Gasteiger charge is 2.17. The van der Waals surface area contributed by atoms with Crippen molar-refractivity contribution in [2.24, 2.45) is 0 Å². The van der Waals surface area contributed by atoms with Crippen LogP contribution in [0.5, 0.6) is 11.5 Å². The maximum absolute atomic E-state index is 12.5. The van der Waals surface area contributed by atoms with Crippen molar-refractivity contribution in [2.45, 2.75) is 45.2 Å². The first kappa shape index (κ1) is 18.8. The van der Waals surface area contributed by atoms with Gasteiger partial charge in [-0.1, -0.05) is 24.3 Å². The highest BCUT2D eigenvalue weighted by Crippen LogP contribution is 2.32. The second-order valence-electron chi connectivity index (χ2n) is 7.88. The number of rotatable bonds is 6. The number of benzene rings is 2. The van der Waals surface area contributed by atoms with Crippen molar-refractivity contribution in [1.29, 1.82) is 0 Å². The SMILES string of the molecule is C[C@@H](NC(=O)CN(C)Cc1ccc2c(c1)OCO2)c1ccc2c(c1)CCCC2. The Bertz CT molecular complexity index is 865. The summed E-state index contributed by atoms with van der Waals surface area (Å²) in [7, 11) is 1.95. The number of fused-ring (bicyclic) bond motifs is 2. The van der Waals surface area contributed by atoms with E-state index in [-0.39, 0.29) is 18.7 Å². The van der Waals surface area contributed by atoms with E-state index in [1.807, 2.05) is 30.1 Å². The molecule has 1 atom stereocenters. The molecule has 28 heavy (non-hydrogen) atoms. The summed E-state index contributed by atoms with van der Waals surface area (Å²) in [6.07, 6.45) is 4.89. The standard InChI is InChI=1S/C23H28N2O3/c1-16(19-9-8-18-5-3-4-6-20(18)12-19)24-23(26)14-25(2)13-17-7-10-21-22(11-17)28-15-27-21/h7-12,16H,3-6,13-15H2,1-2H3,(H,24,26)/t16-/m1/s1. The van der Waals surface area contributed by atoms with Crippen LogP contribution >= 0.6 is 0 Å². The van der Waals surface area contributed by atoms with Crippen LogP contribution in [0.1, 0.15) is 48.1 Å².